The van der Waals surface area contributed by atoms with Crippen LogP contribution in [-0.2, 0) is 6.54 Å². The molecule has 0 saturated heterocycles. The number of aryl methyl sites for hydroxylation is 1. The molecule has 0 saturated carbocycles. The summed E-state index contributed by atoms with van der Waals surface area (Å²) in [5, 5.41) is 30.1. The highest BCUT2D eigenvalue weighted by Crippen LogP contribution is 2.35. The summed E-state index contributed by atoms with van der Waals surface area (Å²) in [6.07, 6.45) is 2.18. The molecule has 0 unspecified atom stereocenters. The predicted octanol–water partition coefficient (Wildman–Crippen LogP) is 3.83. The summed E-state index contributed by atoms with van der Waals surface area (Å²) in [7, 11) is 0. The van der Waals surface area contributed by atoms with E-state index in [-0.39, 0.29) is 10.6 Å². The second-order valence-corrected chi connectivity index (χ2v) is 6.91. The van der Waals surface area contributed by atoms with Gasteiger partial charge in [0.05, 0.1) is 27.8 Å². The van der Waals surface area contributed by atoms with Crippen LogP contribution in [0.3, 0.4) is 0 Å². The average Bonchev–Trinajstić information content (AvgIpc) is 3.12. The first kappa shape index (κ1) is 15.6. The Morgan fingerprint density at radius 2 is 2.22 bits per heavy atom. The van der Waals surface area contributed by atoms with Crippen LogP contribution in [0.4, 0.5) is 5.69 Å². The van der Waals surface area contributed by atoms with Gasteiger partial charge in [-0.1, -0.05) is 0 Å². The van der Waals surface area contributed by atoms with E-state index < -0.39 is 5.60 Å². The summed E-state index contributed by atoms with van der Waals surface area (Å²) >= 11 is 1.50. The van der Waals surface area contributed by atoms with Gasteiger partial charge in [-0.15, -0.1) is 0 Å². The Morgan fingerprint density at radius 3 is 2.83 bits per heavy atom. The van der Waals surface area contributed by atoms with Crippen molar-refractivity contribution in [2.45, 2.75) is 32.4 Å². The number of nitro groups is 1. The maximum atomic E-state index is 11.4. The Morgan fingerprint density at radius 1 is 1.43 bits per heavy atom. The zero-order valence-corrected chi connectivity index (χ0v) is 13.7. The molecule has 120 valence electrons. The normalized spacial score (nSPS) is 12.0. The van der Waals surface area contributed by atoms with Crippen molar-refractivity contribution in [3.8, 4) is 11.1 Å². The van der Waals surface area contributed by atoms with E-state index in [1.54, 1.807) is 30.8 Å². The van der Waals surface area contributed by atoms with Gasteiger partial charge < -0.3 is 5.11 Å². The van der Waals surface area contributed by atoms with Crippen LogP contribution in [0.2, 0.25) is 0 Å². The molecule has 0 spiro atoms. The lowest BCUT2D eigenvalue weighted by Crippen LogP contribution is -2.21. The van der Waals surface area contributed by atoms with Gasteiger partial charge >= 0.3 is 0 Å². The van der Waals surface area contributed by atoms with Crippen LogP contribution in [0.15, 0.2) is 35.2 Å². The molecule has 0 aliphatic heterocycles. The minimum absolute atomic E-state index is 0.0814. The minimum atomic E-state index is -0.783. The number of nitro benzene ring substituents is 1. The van der Waals surface area contributed by atoms with Crippen molar-refractivity contribution < 1.29 is 10.0 Å². The third-order valence-electron chi connectivity index (χ3n) is 3.72. The van der Waals surface area contributed by atoms with Gasteiger partial charge in [-0.2, -0.15) is 16.4 Å². The third-order valence-corrected chi connectivity index (χ3v) is 4.41. The predicted molar refractivity (Wildman–Crippen MR) is 90.6 cm³/mol. The molecular formula is C16H17N3O3S. The first-order chi connectivity index (χ1) is 10.8. The van der Waals surface area contributed by atoms with Crippen LogP contribution in [0.1, 0.15) is 20.3 Å². The van der Waals surface area contributed by atoms with Gasteiger partial charge in [0.25, 0.3) is 5.69 Å². The highest BCUT2D eigenvalue weighted by molar-refractivity contribution is 7.08. The Labute approximate surface area is 137 Å². The number of rotatable bonds is 5. The third kappa shape index (κ3) is 3.25. The van der Waals surface area contributed by atoms with Crippen molar-refractivity contribution >= 4 is 27.9 Å². The summed E-state index contributed by atoms with van der Waals surface area (Å²) in [6, 6.07) is 5.25. The Hall–Kier alpha value is -2.25. The first-order valence-corrected chi connectivity index (χ1v) is 8.18. The quantitative estimate of drug-likeness (QED) is 0.569. The smallest absolute Gasteiger partial charge is 0.278 e. The number of aliphatic hydroxyl groups is 1. The Kier molecular flexibility index (Phi) is 3.91. The van der Waals surface area contributed by atoms with E-state index in [9.17, 15) is 15.2 Å². The van der Waals surface area contributed by atoms with Gasteiger partial charge in [-0.3, -0.25) is 14.8 Å². The van der Waals surface area contributed by atoms with E-state index >= 15 is 0 Å². The molecule has 0 radical (unpaired) electrons. The van der Waals surface area contributed by atoms with Gasteiger partial charge in [0, 0.05) is 18.0 Å². The summed E-state index contributed by atoms with van der Waals surface area (Å²) in [5.74, 6) is 0. The zero-order chi connectivity index (χ0) is 16.6. The van der Waals surface area contributed by atoms with Gasteiger partial charge in [0.15, 0.2) is 0 Å². The molecule has 0 fully saturated rings. The summed E-state index contributed by atoms with van der Waals surface area (Å²) < 4.78 is 1.78. The first-order valence-electron chi connectivity index (χ1n) is 7.24. The maximum Gasteiger partial charge on any atom is 0.278 e. The second kappa shape index (κ2) is 5.75. The van der Waals surface area contributed by atoms with E-state index in [0.717, 1.165) is 16.5 Å². The number of nitrogens with zero attached hydrogens (tertiary/aromatic N) is 3. The standard InChI is InChI=1S/C16H17N3O3S/c1-16(2,20)4-5-18-14-8-13(11-3-6-23-10-11)15(19(21)22)7-12(14)9-17-18/h3,6-10,20H,4-5H2,1-2H3. The maximum absolute atomic E-state index is 11.4. The van der Waals surface area contributed by atoms with Crippen LogP contribution >= 0.6 is 11.3 Å². The molecule has 0 aliphatic carbocycles. The number of hydrogen-bond donors (Lipinski definition) is 1. The van der Waals surface area contributed by atoms with Crippen molar-refractivity contribution in [3.05, 3.63) is 45.3 Å². The highest BCUT2D eigenvalue weighted by atomic mass is 32.1. The fourth-order valence-electron chi connectivity index (χ4n) is 2.47. The van der Waals surface area contributed by atoms with Gasteiger partial charge in [-0.05, 0) is 48.7 Å². The van der Waals surface area contributed by atoms with Crippen LogP contribution in [0, 0.1) is 10.1 Å². The SMILES string of the molecule is CC(C)(O)CCn1ncc2cc([N+](=O)[O-])c(-c3ccsc3)cc21. The van der Waals surface area contributed by atoms with Crippen molar-refractivity contribution in [1.82, 2.24) is 9.78 Å². The molecule has 0 aliphatic rings. The Bertz CT molecular complexity index is 847. The molecule has 3 aromatic rings. The van der Waals surface area contributed by atoms with E-state index in [2.05, 4.69) is 5.10 Å². The molecule has 0 bridgehead atoms. The summed E-state index contributed by atoms with van der Waals surface area (Å²) in [4.78, 5) is 11.0. The fourth-order valence-corrected chi connectivity index (χ4v) is 3.13. The topological polar surface area (TPSA) is 81.2 Å². The number of hydrogen-bond acceptors (Lipinski definition) is 5. The molecule has 3 rings (SSSR count). The molecular weight excluding hydrogens is 314 g/mol. The molecule has 2 heterocycles. The van der Waals surface area contributed by atoms with Crippen molar-refractivity contribution in [2.24, 2.45) is 0 Å². The second-order valence-electron chi connectivity index (χ2n) is 6.13. The monoisotopic (exact) mass is 331 g/mol. The molecule has 7 heteroatoms. The van der Waals surface area contributed by atoms with Crippen molar-refractivity contribution in [3.63, 3.8) is 0 Å². The molecule has 2 aromatic heterocycles. The number of thiophene rings is 1. The Balaban J connectivity index is 2.10. The van der Waals surface area contributed by atoms with E-state index in [4.69, 9.17) is 0 Å². The lowest BCUT2D eigenvalue weighted by atomic mass is 10.0. The van der Waals surface area contributed by atoms with Crippen LogP contribution in [0.5, 0.6) is 0 Å². The van der Waals surface area contributed by atoms with Crippen LogP contribution in [-0.4, -0.2) is 25.4 Å². The van der Waals surface area contributed by atoms with E-state index in [1.807, 2.05) is 22.9 Å². The lowest BCUT2D eigenvalue weighted by Gasteiger charge is -2.17. The van der Waals surface area contributed by atoms with Crippen LogP contribution in [0.25, 0.3) is 22.0 Å². The van der Waals surface area contributed by atoms with Crippen molar-refractivity contribution in [1.29, 1.82) is 0 Å². The summed E-state index contributed by atoms with van der Waals surface area (Å²) in [5.41, 5.74) is 1.56. The summed E-state index contributed by atoms with van der Waals surface area (Å²) in [6.45, 7) is 4.05. The number of benzene rings is 1. The minimum Gasteiger partial charge on any atom is -0.390 e. The molecule has 0 amide bonds. The van der Waals surface area contributed by atoms with Crippen LogP contribution < -0.4 is 0 Å². The van der Waals surface area contributed by atoms with Gasteiger partial charge in [0.2, 0.25) is 0 Å². The number of fused-ring (bicyclic) bond motifs is 1. The molecule has 0 atom stereocenters. The van der Waals surface area contributed by atoms with Crippen molar-refractivity contribution in [2.75, 3.05) is 0 Å². The highest BCUT2D eigenvalue weighted by Gasteiger charge is 2.20. The number of aromatic nitrogens is 2. The van der Waals surface area contributed by atoms with E-state index in [1.165, 1.54) is 11.3 Å². The van der Waals surface area contributed by atoms with E-state index in [0.29, 0.717) is 18.5 Å². The van der Waals surface area contributed by atoms with Gasteiger partial charge in [-0.25, -0.2) is 0 Å². The zero-order valence-electron chi connectivity index (χ0n) is 12.9. The lowest BCUT2D eigenvalue weighted by molar-refractivity contribution is -0.384. The largest absolute Gasteiger partial charge is 0.390 e. The van der Waals surface area contributed by atoms with Gasteiger partial charge in [0.1, 0.15) is 0 Å². The average molecular weight is 331 g/mol. The molecule has 1 aromatic carbocycles. The molecule has 23 heavy (non-hydrogen) atoms. The fraction of sp³-hybridized carbons (Fsp3) is 0.312. The molecule has 1 N–H and O–H groups in total. The molecule has 6 nitrogen and oxygen atoms in total.